The Bertz CT molecular complexity index is 581. The first-order valence-corrected chi connectivity index (χ1v) is 6.58. The van der Waals surface area contributed by atoms with Crippen molar-refractivity contribution in [3.63, 3.8) is 0 Å². The van der Waals surface area contributed by atoms with Gasteiger partial charge in [0, 0.05) is 5.69 Å². The minimum absolute atomic E-state index is 0.0659. The normalized spacial score (nSPS) is 19.4. The average Bonchev–Trinajstić information content (AvgIpc) is 2.65. The molecule has 100 valence electrons. The Kier molecular flexibility index (Phi) is 2.76. The molecule has 1 aromatic carbocycles. The van der Waals surface area contributed by atoms with Crippen LogP contribution in [0.5, 0.6) is 0 Å². The molecule has 0 bridgehead atoms. The summed E-state index contributed by atoms with van der Waals surface area (Å²) in [5.74, 6) is -0.276. The van der Waals surface area contributed by atoms with Crippen LogP contribution in [-0.2, 0) is 16.0 Å². The highest BCUT2D eigenvalue weighted by atomic mass is 35.5. The number of rotatable bonds is 2. The van der Waals surface area contributed by atoms with Gasteiger partial charge >= 0.3 is 0 Å². The summed E-state index contributed by atoms with van der Waals surface area (Å²) in [6.45, 7) is 0. The third kappa shape index (κ3) is 2.09. The van der Waals surface area contributed by atoms with E-state index >= 15 is 0 Å². The largest absolute Gasteiger partial charge is 0.325 e. The average molecular weight is 280 g/mol. The van der Waals surface area contributed by atoms with E-state index in [0.717, 1.165) is 12.0 Å². The second-order valence-corrected chi connectivity index (χ2v) is 5.59. The summed E-state index contributed by atoms with van der Waals surface area (Å²) in [5, 5.41) is 5.87. The lowest BCUT2D eigenvalue weighted by Gasteiger charge is -2.36. The molecule has 1 fully saturated rings. The number of halogens is 1. The SMILES string of the molecule is NC1(C(=O)Nc2cc3c(cc2Cl)NC(=O)C3)CCC1. The summed E-state index contributed by atoms with van der Waals surface area (Å²) in [6, 6.07) is 3.39. The fraction of sp³-hybridized carbons (Fsp3) is 0.385. The highest BCUT2D eigenvalue weighted by Gasteiger charge is 2.40. The Labute approximate surface area is 115 Å². The smallest absolute Gasteiger partial charge is 0.244 e. The van der Waals surface area contributed by atoms with E-state index in [2.05, 4.69) is 10.6 Å². The zero-order chi connectivity index (χ0) is 13.6. The van der Waals surface area contributed by atoms with Gasteiger partial charge in [0.05, 0.1) is 22.7 Å². The number of nitrogens with two attached hydrogens (primary N) is 1. The van der Waals surface area contributed by atoms with Crippen LogP contribution in [0, 0.1) is 0 Å². The molecular weight excluding hydrogens is 266 g/mol. The number of anilines is 2. The van der Waals surface area contributed by atoms with E-state index in [1.54, 1.807) is 12.1 Å². The molecule has 1 saturated carbocycles. The molecule has 0 aromatic heterocycles. The minimum atomic E-state index is -0.767. The lowest BCUT2D eigenvalue weighted by atomic mass is 9.77. The van der Waals surface area contributed by atoms with Crippen molar-refractivity contribution < 1.29 is 9.59 Å². The highest BCUT2D eigenvalue weighted by Crippen LogP contribution is 2.35. The number of nitrogens with one attached hydrogen (secondary N) is 2. The number of hydrogen-bond donors (Lipinski definition) is 3. The van der Waals surface area contributed by atoms with E-state index in [1.807, 2.05) is 0 Å². The molecule has 0 unspecified atom stereocenters. The zero-order valence-electron chi connectivity index (χ0n) is 10.3. The van der Waals surface area contributed by atoms with Crippen LogP contribution in [0.1, 0.15) is 24.8 Å². The van der Waals surface area contributed by atoms with Crippen LogP contribution < -0.4 is 16.4 Å². The molecule has 1 aliphatic heterocycles. The van der Waals surface area contributed by atoms with Gasteiger partial charge in [-0.2, -0.15) is 0 Å². The van der Waals surface area contributed by atoms with Crippen molar-refractivity contribution in [1.29, 1.82) is 0 Å². The number of amides is 2. The summed E-state index contributed by atoms with van der Waals surface area (Å²) in [7, 11) is 0. The number of benzene rings is 1. The predicted molar refractivity (Wildman–Crippen MR) is 73.2 cm³/mol. The maximum absolute atomic E-state index is 12.1. The van der Waals surface area contributed by atoms with E-state index in [9.17, 15) is 9.59 Å². The molecule has 0 radical (unpaired) electrons. The van der Waals surface area contributed by atoms with Gasteiger partial charge in [0.2, 0.25) is 11.8 Å². The van der Waals surface area contributed by atoms with Gasteiger partial charge < -0.3 is 16.4 Å². The Balaban J connectivity index is 1.84. The summed E-state index contributed by atoms with van der Waals surface area (Å²) in [6.07, 6.45) is 2.67. The van der Waals surface area contributed by atoms with Gasteiger partial charge in [-0.1, -0.05) is 11.6 Å². The Morgan fingerprint density at radius 3 is 2.79 bits per heavy atom. The molecule has 0 spiro atoms. The van der Waals surface area contributed by atoms with Crippen LogP contribution in [0.15, 0.2) is 12.1 Å². The molecule has 3 rings (SSSR count). The molecule has 6 heteroatoms. The molecule has 1 heterocycles. The van der Waals surface area contributed by atoms with Crippen molar-refractivity contribution in [2.45, 2.75) is 31.2 Å². The van der Waals surface area contributed by atoms with Crippen LogP contribution in [0.2, 0.25) is 5.02 Å². The summed E-state index contributed by atoms with van der Waals surface area (Å²) in [5.41, 5.74) is 7.25. The van der Waals surface area contributed by atoms with Crippen molar-refractivity contribution in [2.24, 2.45) is 5.73 Å². The Hall–Kier alpha value is -1.59. The van der Waals surface area contributed by atoms with Crippen molar-refractivity contribution in [3.8, 4) is 0 Å². The van der Waals surface area contributed by atoms with Gasteiger partial charge in [0.25, 0.3) is 0 Å². The molecule has 4 N–H and O–H groups in total. The van der Waals surface area contributed by atoms with Gasteiger partial charge in [-0.15, -0.1) is 0 Å². The van der Waals surface area contributed by atoms with Gasteiger partial charge in [-0.25, -0.2) is 0 Å². The van der Waals surface area contributed by atoms with Crippen LogP contribution in [-0.4, -0.2) is 17.4 Å². The van der Waals surface area contributed by atoms with Gasteiger partial charge in [-0.05, 0) is 37.0 Å². The minimum Gasteiger partial charge on any atom is -0.325 e. The van der Waals surface area contributed by atoms with Crippen LogP contribution in [0.4, 0.5) is 11.4 Å². The highest BCUT2D eigenvalue weighted by molar-refractivity contribution is 6.34. The first-order chi connectivity index (χ1) is 8.98. The second kappa shape index (κ2) is 4.21. The predicted octanol–water partition coefficient (Wildman–Crippen LogP) is 1.65. The molecule has 19 heavy (non-hydrogen) atoms. The van der Waals surface area contributed by atoms with Crippen molar-refractivity contribution in [2.75, 3.05) is 10.6 Å². The van der Waals surface area contributed by atoms with Gasteiger partial charge in [-0.3, -0.25) is 9.59 Å². The molecular formula is C13H14ClN3O2. The van der Waals surface area contributed by atoms with Gasteiger partial charge in [0.15, 0.2) is 0 Å². The van der Waals surface area contributed by atoms with E-state index in [1.165, 1.54) is 0 Å². The molecule has 2 amide bonds. The summed E-state index contributed by atoms with van der Waals surface area (Å²) in [4.78, 5) is 23.4. The van der Waals surface area contributed by atoms with E-state index < -0.39 is 5.54 Å². The second-order valence-electron chi connectivity index (χ2n) is 5.18. The number of carbonyl (C=O) groups excluding carboxylic acids is 2. The maximum Gasteiger partial charge on any atom is 0.244 e. The van der Waals surface area contributed by atoms with Crippen LogP contribution in [0.3, 0.4) is 0 Å². The first kappa shape index (κ1) is 12.4. The zero-order valence-corrected chi connectivity index (χ0v) is 11.0. The van der Waals surface area contributed by atoms with E-state index in [-0.39, 0.29) is 11.8 Å². The summed E-state index contributed by atoms with van der Waals surface area (Å²) < 4.78 is 0. The monoisotopic (exact) mass is 279 g/mol. The van der Waals surface area contributed by atoms with Crippen molar-refractivity contribution in [1.82, 2.24) is 0 Å². The molecule has 5 nitrogen and oxygen atoms in total. The third-order valence-corrected chi connectivity index (χ3v) is 4.08. The molecule has 0 atom stereocenters. The Morgan fingerprint density at radius 1 is 1.42 bits per heavy atom. The van der Waals surface area contributed by atoms with E-state index in [4.69, 9.17) is 17.3 Å². The fourth-order valence-electron chi connectivity index (χ4n) is 2.38. The lowest BCUT2D eigenvalue weighted by molar-refractivity contribution is -0.123. The van der Waals surface area contributed by atoms with Crippen LogP contribution >= 0.6 is 11.6 Å². The Morgan fingerprint density at radius 2 is 2.16 bits per heavy atom. The first-order valence-electron chi connectivity index (χ1n) is 6.20. The van der Waals surface area contributed by atoms with Crippen molar-refractivity contribution >= 4 is 34.8 Å². The number of carbonyl (C=O) groups is 2. The quantitative estimate of drug-likeness (QED) is 0.770. The van der Waals surface area contributed by atoms with Crippen LogP contribution in [0.25, 0.3) is 0 Å². The molecule has 1 aromatic rings. The fourth-order valence-corrected chi connectivity index (χ4v) is 2.59. The number of hydrogen-bond acceptors (Lipinski definition) is 3. The molecule has 2 aliphatic rings. The van der Waals surface area contributed by atoms with E-state index in [0.29, 0.717) is 35.7 Å². The summed E-state index contributed by atoms with van der Waals surface area (Å²) >= 11 is 6.10. The molecule has 0 saturated heterocycles. The lowest BCUT2D eigenvalue weighted by Crippen LogP contribution is -2.56. The third-order valence-electron chi connectivity index (χ3n) is 3.76. The van der Waals surface area contributed by atoms with Crippen molar-refractivity contribution in [3.05, 3.63) is 22.7 Å². The number of fused-ring (bicyclic) bond motifs is 1. The molecule has 1 aliphatic carbocycles. The standard InChI is InChI=1S/C13H14ClN3O2/c14-8-6-9-7(5-11(18)16-9)4-10(8)17-12(19)13(15)2-1-3-13/h4,6H,1-3,5,15H2,(H,16,18)(H,17,19). The maximum atomic E-state index is 12.1. The van der Waals surface area contributed by atoms with Gasteiger partial charge in [0.1, 0.15) is 0 Å². The topological polar surface area (TPSA) is 84.2 Å².